The minimum Gasteiger partial charge on any atom is -0.494 e. The van der Waals surface area contributed by atoms with E-state index in [4.69, 9.17) is 10.5 Å². The predicted octanol–water partition coefficient (Wildman–Crippen LogP) is 3.80. The highest BCUT2D eigenvalue weighted by Gasteiger charge is 2.20. The quantitative estimate of drug-likeness (QED) is 0.883. The third-order valence-electron chi connectivity index (χ3n) is 3.92. The predicted molar refractivity (Wildman–Crippen MR) is 71.1 cm³/mol. The first-order valence-electron chi connectivity index (χ1n) is 6.80. The second kappa shape index (κ2) is 6.19. The Hall–Kier alpha value is -1.09. The lowest BCUT2D eigenvalue weighted by Crippen LogP contribution is -2.18. The molecule has 0 radical (unpaired) electrons. The molecule has 1 aliphatic carbocycles. The average molecular weight is 251 g/mol. The number of benzene rings is 1. The molecule has 0 spiro atoms. The van der Waals surface area contributed by atoms with Gasteiger partial charge in [-0.05, 0) is 18.4 Å². The van der Waals surface area contributed by atoms with Crippen molar-refractivity contribution in [3.63, 3.8) is 0 Å². The van der Waals surface area contributed by atoms with E-state index in [1.807, 2.05) is 0 Å². The van der Waals surface area contributed by atoms with Crippen LogP contribution in [0.4, 0.5) is 4.39 Å². The maximum absolute atomic E-state index is 14.1. The van der Waals surface area contributed by atoms with E-state index in [2.05, 4.69) is 0 Å². The summed E-state index contributed by atoms with van der Waals surface area (Å²) in [5.41, 5.74) is 6.74. The lowest BCUT2D eigenvalue weighted by molar-refractivity contribution is 0.315. The van der Waals surface area contributed by atoms with Gasteiger partial charge in [0.2, 0.25) is 0 Å². The fraction of sp³-hybridized carbons (Fsp3) is 0.600. The number of halogens is 1. The molecule has 2 rings (SSSR count). The van der Waals surface area contributed by atoms with Crippen LogP contribution in [0.1, 0.15) is 50.1 Å². The fourth-order valence-electron chi connectivity index (χ4n) is 2.88. The molecule has 1 aliphatic rings. The van der Waals surface area contributed by atoms with Gasteiger partial charge in [-0.3, -0.25) is 0 Å². The minimum atomic E-state index is -0.302. The van der Waals surface area contributed by atoms with Crippen molar-refractivity contribution in [1.29, 1.82) is 0 Å². The summed E-state index contributed by atoms with van der Waals surface area (Å²) in [5.74, 6) is 0.634. The fourth-order valence-corrected chi connectivity index (χ4v) is 2.88. The highest BCUT2D eigenvalue weighted by Crippen LogP contribution is 2.33. The molecule has 1 saturated carbocycles. The van der Waals surface area contributed by atoms with Crippen LogP contribution < -0.4 is 10.5 Å². The van der Waals surface area contributed by atoms with Crippen LogP contribution in [0.15, 0.2) is 18.2 Å². The molecule has 0 aliphatic heterocycles. The van der Waals surface area contributed by atoms with Crippen molar-refractivity contribution in [1.82, 2.24) is 0 Å². The molecule has 2 N–H and O–H groups in total. The maximum Gasteiger partial charge on any atom is 0.169 e. The molecule has 0 heterocycles. The van der Waals surface area contributed by atoms with E-state index < -0.39 is 0 Å². The van der Waals surface area contributed by atoms with Gasteiger partial charge in [0.15, 0.2) is 11.6 Å². The molecule has 1 atom stereocenters. The summed E-state index contributed by atoms with van der Waals surface area (Å²) in [6.07, 6.45) is 7.26. The number of hydrogen-bond acceptors (Lipinski definition) is 2. The van der Waals surface area contributed by atoms with Gasteiger partial charge in [-0.2, -0.15) is 0 Å². The van der Waals surface area contributed by atoms with Gasteiger partial charge in [-0.25, -0.2) is 4.39 Å². The number of methoxy groups -OCH3 is 1. The molecule has 3 heteroatoms. The number of ether oxygens (including phenoxy) is 1. The number of rotatable bonds is 4. The molecular formula is C15H22FNO. The molecular weight excluding hydrogens is 229 g/mol. The van der Waals surface area contributed by atoms with Crippen molar-refractivity contribution >= 4 is 0 Å². The van der Waals surface area contributed by atoms with Gasteiger partial charge >= 0.3 is 0 Å². The highest BCUT2D eigenvalue weighted by atomic mass is 19.1. The van der Waals surface area contributed by atoms with Crippen LogP contribution in [0.5, 0.6) is 5.75 Å². The topological polar surface area (TPSA) is 35.2 Å². The van der Waals surface area contributed by atoms with Crippen LogP contribution in [-0.2, 0) is 0 Å². The van der Waals surface area contributed by atoms with Gasteiger partial charge in [0.1, 0.15) is 0 Å². The molecule has 1 aromatic carbocycles. The monoisotopic (exact) mass is 251 g/mol. The summed E-state index contributed by atoms with van der Waals surface area (Å²) >= 11 is 0. The molecule has 1 aromatic rings. The number of hydrogen-bond donors (Lipinski definition) is 1. The Balaban J connectivity index is 2.05. The zero-order chi connectivity index (χ0) is 13.0. The molecule has 2 nitrogen and oxygen atoms in total. The molecule has 1 fully saturated rings. The van der Waals surface area contributed by atoms with Crippen LogP contribution in [0.25, 0.3) is 0 Å². The van der Waals surface area contributed by atoms with Crippen LogP contribution >= 0.6 is 0 Å². The normalized spacial score (nSPS) is 18.6. The van der Waals surface area contributed by atoms with Crippen molar-refractivity contribution < 1.29 is 9.13 Å². The Morgan fingerprint density at radius 2 is 2.06 bits per heavy atom. The van der Waals surface area contributed by atoms with Crippen LogP contribution in [0.3, 0.4) is 0 Å². The van der Waals surface area contributed by atoms with Gasteiger partial charge in [-0.15, -0.1) is 0 Å². The van der Waals surface area contributed by atoms with E-state index in [1.54, 1.807) is 18.2 Å². The van der Waals surface area contributed by atoms with Crippen molar-refractivity contribution in [3.05, 3.63) is 29.6 Å². The van der Waals surface area contributed by atoms with Gasteiger partial charge < -0.3 is 10.5 Å². The Labute approximate surface area is 108 Å². The third-order valence-corrected chi connectivity index (χ3v) is 3.92. The summed E-state index contributed by atoms with van der Waals surface area (Å²) in [6, 6.07) is 4.98. The molecule has 18 heavy (non-hydrogen) atoms. The molecule has 0 amide bonds. The largest absolute Gasteiger partial charge is 0.494 e. The van der Waals surface area contributed by atoms with Gasteiger partial charge in [0.05, 0.1) is 7.11 Å². The Kier molecular flexibility index (Phi) is 4.59. The van der Waals surface area contributed by atoms with E-state index >= 15 is 0 Å². The molecule has 1 unspecified atom stereocenters. The van der Waals surface area contributed by atoms with Crippen molar-refractivity contribution in [2.45, 2.75) is 44.6 Å². The summed E-state index contributed by atoms with van der Waals surface area (Å²) in [4.78, 5) is 0. The van der Waals surface area contributed by atoms with Crippen molar-refractivity contribution in [2.75, 3.05) is 7.11 Å². The summed E-state index contributed by atoms with van der Waals surface area (Å²) in [5, 5.41) is 0. The maximum atomic E-state index is 14.1. The molecule has 0 saturated heterocycles. The molecule has 100 valence electrons. The summed E-state index contributed by atoms with van der Waals surface area (Å²) in [6.45, 7) is 0. The van der Waals surface area contributed by atoms with E-state index in [9.17, 15) is 4.39 Å². The lowest BCUT2D eigenvalue weighted by atomic mass is 9.83. The van der Waals surface area contributed by atoms with E-state index in [0.29, 0.717) is 11.5 Å². The van der Waals surface area contributed by atoms with Crippen molar-refractivity contribution in [3.8, 4) is 5.75 Å². The van der Waals surface area contributed by atoms with Gasteiger partial charge in [0.25, 0.3) is 0 Å². The standard InChI is InChI=1S/C15H22FNO/c1-18-14-9-5-8-12(15(14)16)13(17)10-11-6-3-2-4-7-11/h5,8-9,11,13H,2-4,6-7,10,17H2,1H3. The zero-order valence-electron chi connectivity index (χ0n) is 11.0. The lowest BCUT2D eigenvalue weighted by Gasteiger charge is -2.25. The van der Waals surface area contributed by atoms with E-state index in [1.165, 1.54) is 39.2 Å². The Bertz CT molecular complexity index is 388. The smallest absolute Gasteiger partial charge is 0.169 e. The van der Waals surface area contributed by atoms with E-state index in [0.717, 1.165) is 6.42 Å². The Morgan fingerprint density at radius 3 is 2.72 bits per heavy atom. The first-order valence-corrected chi connectivity index (χ1v) is 6.80. The third kappa shape index (κ3) is 3.02. The van der Waals surface area contributed by atoms with Gasteiger partial charge in [0, 0.05) is 11.6 Å². The summed E-state index contributed by atoms with van der Waals surface area (Å²) < 4.78 is 19.1. The molecule has 0 bridgehead atoms. The second-order valence-electron chi connectivity index (χ2n) is 5.21. The summed E-state index contributed by atoms with van der Waals surface area (Å²) in [7, 11) is 1.48. The van der Waals surface area contributed by atoms with Gasteiger partial charge in [-0.1, -0.05) is 44.2 Å². The van der Waals surface area contributed by atoms with Crippen molar-refractivity contribution in [2.24, 2.45) is 11.7 Å². The highest BCUT2D eigenvalue weighted by molar-refractivity contribution is 5.32. The SMILES string of the molecule is COc1cccc(C(N)CC2CCCCC2)c1F. The minimum absolute atomic E-state index is 0.219. The van der Waals surface area contributed by atoms with Crippen LogP contribution in [0, 0.1) is 11.7 Å². The Morgan fingerprint density at radius 1 is 1.33 bits per heavy atom. The first kappa shape index (κ1) is 13.3. The van der Waals surface area contributed by atoms with Crippen LogP contribution in [-0.4, -0.2) is 7.11 Å². The van der Waals surface area contributed by atoms with Crippen LogP contribution in [0.2, 0.25) is 0 Å². The zero-order valence-corrected chi connectivity index (χ0v) is 11.0. The molecule has 0 aromatic heterocycles. The average Bonchev–Trinajstić information content (AvgIpc) is 2.40. The number of nitrogens with two attached hydrogens (primary N) is 1. The van der Waals surface area contributed by atoms with E-state index in [-0.39, 0.29) is 17.6 Å². The second-order valence-corrected chi connectivity index (χ2v) is 5.21. The first-order chi connectivity index (χ1) is 8.72.